The lowest BCUT2D eigenvalue weighted by molar-refractivity contribution is -0.385. The molecule has 0 bridgehead atoms. The number of aliphatic hydroxyl groups is 1. The van der Waals surface area contributed by atoms with Crippen LogP contribution in [0.2, 0.25) is 0 Å². The molecule has 0 saturated carbocycles. The van der Waals surface area contributed by atoms with E-state index in [0.29, 0.717) is 0 Å². The highest BCUT2D eigenvalue weighted by Crippen LogP contribution is 2.32. The summed E-state index contributed by atoms with van der Waals surface area (Å²) in [7, 11) is 0. The predicted octanol–water partition coefficient (Wildman–Crippen LogP) is 2.36. The second-order valence-corrected chi connectivity index (χ2v) is 3.40. The van der Waals surface area contributed by atoms with Crippen molar-refractivity contribution in [1.82, 2.24) is 0 Å². The molecule has 1 rings (SSSR count). The van der Waals surface area contributed by atoms with Gasteiger partial charge in [-0.05, 0) is 15.9 Å². The Labute approximate surface area is 87.6 Å². The van der Waals surface area contributed by atoms with Crippen LogP contribution in [0.3, 0.4) is 0 Å². The summed E-state index contributed by atoms with van der Waals surface area (Å²) >= 11 is 2.95. The van der Waals surface area contributed by atoms with Gasteiger partial charge in [-0.15, -0.1) is 0 Å². The van der Waals surface area contributed by atoms with E-state index in [1.165, 1.54) is 18.2 Å². The first-order chi connectivity index (χ1) is 6.57. The summed E-state index contributed by atoms with van der Waals surface area (Å²) in [6, 6.07) is 4.11. The molecule has 0 aliphatic rings. The number of nitro benzene ring substituents is 1. The third-order valence-electron chi connectivity index (χ3n) is 1.71. The molecule has 0 amide bonds. The van der Waals surface area contributed by atoms with Gasteiger partial charge in [0.2, 0.25) is 0 Å². The Morgan fingerprint density at radius 3 is 2.79 bits per heavy atom. The molecule has 0 aromatic heterocycles. The molecule has 0 spiro atoms. The minimum Gasteiger partial charge on any atom is -0.386 e. The predicted molar refractivity (Wildman–Crippen MR) is 51.7 cm³/mol. The van der Waals surface area contributed by atoms with Gasteiger partial charge in [0.15, 0.2) is 0 Å². The first-order valence-electron chi connectivity index (χ1n) is 3.74. The Kier molecular flexibility index (Phi) is 3.54. The molecule has 0 aliphatic heterocycles. The molecule has 1 N–H and O–H groups in total. The molecule has 0 fully saturated rings. The molecule has 0 radical (unpaired) electrons. The lowest BCUT2D eigenvalue weighted by atomic mass is 10.1. The molecule has 0 heterocycles. The molecular weight excluding hydrogens is 257 g/mol. The van der Waals surface area contributed by atoms with E-state index >= 15 is 0 Å². The lowest BCUT2D eigenvalue weighted by Gasteiger charge is -2.08. The third-order valence-corrected chi connectivity index (χ3v) is 2.57. The average Bonchev–Trinajstić information content (AvgIpc) is 2.16. The van der Waals surface area contributed by atoms with Crippen molar-refractivity contribution in [2.24, 2.45) is 0 Å². The van der Waals surface area contributed by atoms with Gasteiger partial charge in [-0.2, -0.15) is 0 Å². The van der Waals surface area contributed by atoms with Crippen molar-refractivity contribution < 1.29 is 14.4 Å². The van der Waals surface area contributed by atoms with E-state index in [1.807, 2.05) is 0 Å². The SMILES string of the molecule is O=[N+]([O-])c1cccc(C(O)CF)c1Br. The van der Waals surface area contributed by atoms with E-state index < -0.39 is 17.7 Å². The molecule has 0 saturated heterocycles. The minimum absolute atomic E-state index is 0.121. The zero-order chi connectivity index (χ0) is 10.7. The molecule has 0 aliphatic carbocycles. The number of rotatable bonds is 3. The standard InChI is InChI=1S/C8H7BrFNO3/c9-8-5(7(12)4-10)2-1-3-6(8)11(13)14/h1-3,7,12H,4H2. The van der Waals surface area contributed by atoms with Crippen LogP contribution in [0.15, 0.2) is 22.7 Å². The second kappa shape index (κ2) is 4.47. The molecule has 14 heavy (non-hydrogen) atoms. The van der Waals surface area contributed by atoms with Crippen LogP contribution in [0, 0.1) is 10.1 Å². The van der Waals surface area contributed by atoms with Crippen molar-refractivity contribution in [1.29, 1.82) is 0 Å². The van der Waals surface area contributed by atoms with Gasteiger partial charge in [0.05, 0.1) is 4.92 Å². The van der Waals surface area contributed by atoms with Crippen molar-refractivity contribution >= 4 is 21.6 Å². The first kappa shape index (κ1) is 11.1. The van der Waals surface area contributed by atoms with Gasteiger partial charge in [0, 0.05) is 11.6 Å². The average molecular weight is 264 g/mol. The van der Waals surface area contributed by atoms with E-state index in [1.54, 1.807) is 0 Å². The Hall–Kier alpha value is -1.01. The van der Waals surface area contributed by atoms with Crippen LogP contribution >= 0.6 is 15.9 Å². The Balaban J connectivity index is 3.20. The molecule has 1 atom stereocenters. The fraction of sp³-hybridized carbons (Fsp3) is 0.250. The van der Waals surface area contributed by atoms with Crippen LogP contribution < -0.4 is 0 Å². The lowest BCUT2D eigenvalue weighted by Crippen LogP contribution is -2.02. The number of halogens is 2. The number of benzene rings is 1. The number of alkyl halides is 1. The molecule has 4 nitrogen and oxygen atoms in total. The monoisotopic (exact) mass is 263 g/mol. The quantitative estimate of drug-likeness (QED) is 0.673. The minimum atomic E-state index is -1.33. The van der Waals surface area contributed by atoms with Crippen LogP contribution in [-0.2, 0) is 0 Å². The van der Waals surface area contributed by atoms with Crippen molar-refractivity contribution in [3.8, 4) is 0 Å². The van der Waals surface area contributed by atoms with E-state index in [9.17, 15) is 19.6 Å². The van der Waals surface area contributed by atoms with Gasteiger partial charge in [-0.3, -0.25) is 10.1 Å². The highest BCUT2D eigenvalue weighted by molar-refractivity contribution is 9.10. The Morgan fingerprint density at radius 2 is 2.29 bits per heavy atom. The first-order valence-corrected chi connectivity index (χ1v) is 4.54. The number of hydrogen-bond acceptors (Lipinski definition) is 3. The smallest absolute Gasteiger partial charge is 0.283 e. The van der Waals surface area contributed by atoms with Gasteiger partial charge < -0.3 is 5.11 Å². The number of nitro groups is 1. The molecule has 1 unspecified atom stereocenters. The summed E-state index contributed by atoms with van der Waals surface area (Å²) in [5.41, 5.74) is -0.00306. The Morgan fingerprint density at radius 1 is 1.64 bits per heavy atom. The second-order valence-electron chi connectivity index (χ2n) is 2.61. The van der Waals surface area contributed by atoms with Crippen molar-refractivity contribution in [2.75, 3.05) is 6.67 Å². The summed E-state index contributed by atoms with van der Waals surface area (Å²) in [5.74, 6) is 0. The summed E-state index contributed by atoms with van der Waals surface area (Å²) < 4.78 is 12.3. The number of aliphatic hydroxyl groups excluding tert-OH is 1. The van der Waals surface area contributed by atoms with Gasteiger partial charge in [0.1, 0.15) is 17.3 Å². The molecular formula is C8H7BrFNO3. The highest BCUT2D eigenvalue weighted by atomic mass is 79.9. The van der Waals surface area contributed by atoms with Crippen molar-refractivity contribution in [3.05, 3.63) is 38.3 Å². The van der Waals surface area contributed by atoms with Crippen LogP contribution in [0.4, 0.5) is 10.1 Å². The molecule has 76 valence electrons. The maximum absolute atomic E-state index is 12.1. The fourth-order valence-corrected chi connectivity index (χ4v) is 1.69. The van der Waals surface area contributed by atoms with Crippen LogP contribution in [0.5, 0.6) is 0 Å². The van der Waals surface area contributed by atoms with E-state index in [2.05, 4.69) is 15.9 Å². The van der Waals surface area contributed by atoms with Gasteiger partial charge >= 0.3 is 0 Å². The van der Waals surface area contributed by atoms with Crippen molar-refractivity contribution in [2.45, 2.75) is 6.10 Å². The summed E-state index contributed by atoms with van der Waals surface area (Å²) in [5, 5.41) is 19.7. The molecule has 1 aromatic rings. The van der Waals surface area contributed by atoms with Gasteiger partial charge in [-0.25, -0.2) is 4.39 Å². The largest absolute Gasteiger partial charge is 0.386 e. The van der Waals surface area contributed by atoms with E-state index in [4.69, 9.17) is 0 Å². The van der Waals surface area contributed by atoms with Crippen LogP contribution in [0.1, 0.15) is 11.7 Å². The fourth-order valence-electron chi connectivity index (χ4n) is 1.02. The van der Waals surface area contributed by atoms with Gasteiger partial charge in [0.25, 0.3) is 5.69 Å². The topological polar surface area (TPSA) is 63.4 Å². The highest BCUT2D eigenvalue weighted by Gasteiger charge is 2.19. The number of nitrogens with zero attached hydrogens (tertiary/aromatic N) is 1. The molecule has 1 aromatic carbocycles. The number of hydrogen-bond donors (Lipinski definition) is 1. The van der Waals surface area contributed by atoms with Crippen LogP contribution in [-0.4, -0.2) is 16.7 Å². The van der Waals surface area contributed by atoms with Crippen molar-refractivity contribution in [3.63, 3.8) is 0 Å². The normalized spacial score (nSPS) is 12.5. The van der Waals surface area contributed by atoms with Crippen LogP contribution in [0.25, 0.3) is 0 Å². The van der Waals surface area contributed by atoms with E-state index in [0.717, 1.165) is 0 Å². The zero-order valence-electron chi connectivity index (χ0n) is 6.98. The molecule has 6 heteroatoms. The zero-order valence-corrected chi connectivity index (χ0v) is 8.57. The van der Waals surface area contributed by atoms with Gasteiger partial charge in [-0.1, -0.05) is 12.1 Å². The Bertz CT molecular complexity index is 358. The maximum Gasteiger partial charge on any atom is 0.283 e. The summed E-state index contributed by atoms with van der Waals surface area (Å²) in [6.45, 7) is -0.972. The third kappa shape index (κ3) is 2.08. The summed E-state index contributed by atoms with van der Waals surface area (Å²) in [4.78, 5) is 9.89. The van der Waals surface area contributed by atoms with E-state index in [-0.39, 0.29) is 15.7 Å². The summed E-state index contributed by atoms with van der Waals surface area (Å²) in [6.07, 6.45) is -1.33. The maximum atomic E-state index is 12.1.